The molecular weight excluding hydrogens is 206 g/mol. The van der Waals surface area contributed by atoms with Crippen LogP contribution in [-0.4, -0.2) is 30.8 Å². The third kappa shape index (κ3) is 4.31. The highest BCUT2D eigenvalue weighted by Crippen LogP contribution is 2.10. The van der Waals surface area contributed by atoms with Gasteiger partial charge in [0.15, 0.2) is 0 Å². The van der Waals surface area contributed by atoms with Crippen molar-refractivity contribution in [2.75, 3.05) is 13.7 Å². The molecule has 88 valence electrons. The molecule has 0 bridgehead atoms. The third-order valence-corrected chi connectivity index (χ3v) is 2.30. The summed E-state index contributed by atoms with van der Waals surface area (Å²) in [5.74, 6) is -0.00326. The summed E-state index contributed by atoms with van der Waals surface area (Å²) in [5, 5.41) is 12.2. The highest BCUT2D eigenvalue weighted by molar-refractivity contribution is 5.71. The zero-order chi connectivity index (χ0) is 12.0. The van der Waals surface area contributed by atoms with E-state index < -0.39 is 0 Å². The molecule has 2 N–H and O–H groups in total. The second-order valence-electron chi connectivity index (χ2n) is 3.73. The normalized spacial score (nSPS) is 12.1. The monoisotopic (exact) mass is 223 g/mol. The van der Waals surface area contributed by atoms with Crippen molar-refractivity contribution in [1.29, 1.82) is 0 Å². The van der Waals surface area contributed by atoms with Crippen molar-refractivity contribution < 1.29 is 14.6 Å². The average Bonchev–Trinajstić information content (AvgIpc) is 2.29. The van der Waals surface area contributed by atoms with Crippen molar-refractivity contribution in [3.05, 3.63) is 29.8 Å². The van der Waals surface area contributed by atoms with Crippen LogP contribution in [0.4, 0.5) is 0 Å². The Bertz CT molecular complexity index is 335. The zero-order valence-electron chi connectivity index (χ0n) is 9.56. The Hall–Kier alpha value is -1.55. The second-order valence-corrected chi connectivity index (χ2v) is 3.73. The molecule has 0 heterocycles. The molecule has 16 heavy (non-hydrogen) atoms. The minimum absolute atomic E-state index is 0.184. The fourth-order valence-electron chi connectivity index (χ4n) is 1.39. The average molecular weight is 223 g/mol. The number of carbonyl (C=O) groups is 1. The van der Waals surface area contributed by atoms with E-state index in [0.29, 0.717) is 0 Å². The van der Waals surface area contributed by atoms with Gasteiger partial charge >= 0.3 is 5.97 Å². The van der Waals surface area contributed by atoms with Gasteiger partial charge in [-0.2, -0.15) is 0 Å². The molecule has 1 aromatic rings. The third-order valence-electron chi connectivity index (χ3n) is 2.30. The van der Waals surface area contributed by atoms with E-state index in [9.17, 15) is 4.79 Å². The number of ether oxygens (including phenoxy) is 1. The Balaban J connectivity index is 2.36. The first kappa shape index (κ1) is 12.5. The smallest absolute Gasteiger partial charge is 0.319 e. The molecule has 4 nitrogen and oxygen atoms in total. The van der Waals surface area contributed by atoms with E-state index in [2.05, 4.69) is 10.1 Å². The largest absolute Gasteiger partial charge is 0.508 e. The molecule has 1 aromatic carbocycles. The first-order valence-corrected chi connectivity index (χ1v) is 5.20. The number of hydrogen-bond donors (Lipinski definition) is 2. The van der Waals surface area contributed by atoms with Crippen LogP contribution in [0.5, 0.6) is 5.75 Å². The van der Waals surface area contributed by atoms with Crippen LogP contribution >= 0.6 is 0 Å². The lowest BCUT2D eigenvalue weighted by atomic mass is 10.1. The molecular formula is C12H17NO3. The topological polar surface area (TPSA) is 58.6 Å². The number of benzene rings is 1. The molecule has 1 atom stereocenters. The fraction of sp³-hybridized carbons (Fsp3) is 0.417. The molecule has 1 rings (SSSR count). The van der Waals surface area contributed by atoms with Gasteiger partial charge in [-0.3, -0.25) is 4.79 Å². The molecule has 1 unspecified atom stereocenters. The standard InChI is InChI=1S/C12H17NO3/c1-9(13-8-12(15)16-2)7-10-3-5-11(14)6-4-10/h3-6,9,13-14H,7-8H2,1-2H3. The Morgan fingerprint density at radius 3 is 2.62 bits per heavy atom. The lowest BCUT2D eigenvalue weighted by molar-refractivity contribution is -0.139. The Kier molecular flexibility index (Phi) is 4.79. The number of phenols is 1. The summed E-state index contributed by atoms with van der Waals surface area (Å²) in [7, 11) is 1.37. The van der Waals surface area contributed by atoms with Crippen LogP contribution in [0, 0.1) is 0 Å². The highest BCUT2D eigenvalue weighted by Gasteiger charge is 2.06. The summed E-state index contributed by atoms with van der Waals surface area (Å²) >= 11 is 0. The van der Waals surface area contributed by atoms with Gasteiger partial charge in [0.1, 0.15) is 5.75 Å². The summed E-state index contributed by atoms with van der Waals surface area (Å²) in [6.07, 6.45) is 0.803. The van der Waals surface area contributed by atoms with Crippen molar-refractivity contribution in [2.45, 2.75) is 19.4 Å². The Labute approximate surface area is 95.2 Å². The van der Waals surface area contributed by atoms with E-state index in [4.69, 9.17) is 5.11 Å². The molecule has 0 fully saturated rings. The van der Waals surface area contributed by atoms with Gasteiger partial charge in [0.25, 0.3) is 0 Å². The van der Waals surface area contributed by atoms with Gasteiger partial charge in [-0.15, -0.1) is 0 Å². The SMILES string of the molecule is COC(=O)CNC(C)Cc1ccc(O)cc1. The minimum Gasteiger partial charge on any atom is -0.508 e. The van der Waals surface area contributed by atoms with Gasteiger partial charge in [0, 0.05) is 6.04 Å². The number of rotatable bonds is 5. The van der Waals surface area contributed by atoms with Crippen molar-refractivity contribution in [3.63, 3.8) is 0 Å². The Morgan fingerprint density at radius 1 is 1.44 bits per heavy atom. The molecule has 4 heteroatoms. The van der Waals surface area contributed by atoms with Crippen molar-refractivity contribution in [2.24, 2.45) is 0 Å². The zero-order valence-corrected chi connectivity index (χ0v) is 9.56. The van der Waals surface area contributed by atoms with Gasteiger partial charge in [-0.05, 0) is 31.0 Å². The summed E-state index contributed by atoms with van der Waals surface area (Å²) in [6.45, 7) is 2.21. The maximum atomic E-state index is 10.9. The predicted octanol–water partition coefficient (Wildman–Crippen LogP) is 1.09. The second kappa shape index (κ2) is 6.12. The number of hydrogen-bond acceptors (Lipinski definition) is 4. The molecule has 0 aliphatic carbocycles. The number of methoxy groups -OCH3 is 1. The maximum absolute atomic E-state index is 10.9. The number of carbonyl (C=O) groups excluding carboxylic acids is 1. The van der Waals surface area contributed by atoms with Gasteiger partial charge in [-0.1, -0.05) is 12.1 Å². The summed E-state index contributed by atoms with van der Waals surface area (Å²) in [5.41, 5.74) is 1.11. The number of aromatic hydroxyl groups is 1. The number of phenolic OH excluding ortho intramolecular Hbond substituents is 1. The van der Waals surface area contributed by atoms with Crippen LogP contribution in [0.15, 0.2) is 24.3 Å². The van der Waals surface area contributed by atoms with Gasteiger partial charge < -0.3 is 15.2 Å². The molecule has 0 spiro atoms. The van der Waals surface area contributed by atoms with Gasteiger partial charge in [0.2, 0.25) is 0 Å². The van der Waals surface area contributed by atoms with E-state index in [-0.39, 0.29) is 24.3 Å². The molecule has 0 aromatic heterocycles. The van der Waals surface area contributed by atoms with Crippen molar-refractivity contribution >= 4 is 5.97 Å². The van der Waals surface area contributed by atoms with Crippen LogP contribution in [-0.2, 0) is 16.0 Å². The van der Waals surface area contributed by atoms with Crippen LogP contribution in [0.3, 0.4) is 0 Å². The Morgan fingerprint density at radius 2 is 2.06 bits per heavy atom. The summed E-state index contributed by atoms with van der Waals surface area (Å²) in [4.78, 5) is 10.9. The van der Waals surface area contributed by atoms with E-state index in [1.165, 1.54) is 7.11 Å². The summed E-state index contributed by atoms with van der Waals surface area (Å²) < 4.78 is 4.53. The predicted molar refractivity (Wildman–Crippen MR) is 61.3 cm³/mol. The van der Waals surface area contributed by atoms with E-state index in [1.54, 1.807) is 12.1 Å². The first-order valence-electron chi connectivity index (χ1n) is 5.20. The lowest BCUT2D eigenvalue weighted by Crippen LogP contribution is -2.33. The lowest BCUT2D eigenvalue weighted by Gasteiger charge is -2.12. The van der Waals surface area contributed by atoms with Crippen molar-refractivity contribution in [3.8, 4) is 5.75 Å². The molecule has 0 radical (unpaired) electrons. The summed E-state index contributed by atoms with van der Waals surface area (Å²) in [6, 6.07) is 7.23. The number of esters is 1. The quantitative estimate of drug-likeness (QED) is 0.733. The molecule has 0 aliphatic rings. The first-order chi connectivity index (χ1) is 7.61. The molecule has 0 amide bonds. The van der Waals surface area contributed by atoms with Crippen LogP contribution < -0.4 is 5.32 Å². The molecule has 0 aliphatic heterocycles. The van der Waals surface area contributed by atoms with E-state index in [1.807, 2.05) is 19.1 Å². The van der Waals surface area contributed by atoms with E-state index in [0.717, 1.165) is 12.0 Å². The maximum Gasteiger partial charge on any atom is 0.319 e. The molecule has 0 saturated carbocycles. The number of nitrogens with one attached hydrogen (secondary N) is 1. The van der Waals surface area contributed by atoms with E-state index >= 15 is 0 Å². The van der Waals surface area contributed by atoms with Crippen LogP contribution in [0.2, 0.25) is 0 Å². The van der Waals surface area contributed by atoms with Crippen molar-refractivity contribution in [1.82, 2.24) is 5.32 Å². The highest BCUT2D eigenvalue weighted by atomic mass is 16.5. The van der Waals surface area contributed by atoms with Gasteiger partial charge in [0.05, 0.1) is 13.7 Å². The van der Waals surface area contributed by atoms with Crippen LogP contribution in [0.25, 0.3) is 0 Å². The van der Waals surface area contributed by atoms with Gasteiger partial charge in [-0.25, -0.2) is 0 Å². The fourth-order valence-corrected chi connectivity index (χ4v) is 1.39. The van der Waals surface area contributed by atoms with Crippen LogP contribution in [0.1, 0.15) is 12.5 Å². The minimum atomic E-state index is -0.266. The molecule has 0 saturated heterocycles.